The first-order chi connectivity index (χ1) is 8.35. The van der Waals surface area contributed by atoms with Gasteiger partial charge in [-0.25, -0.2) is 4.98 Å². The molecule has 0 fully saturated rings. The van der Waals surface area contributed by atoms with Crippen LogP contribution in [0, 0.1) is 0 Å². The first-order valence-corrected chi connectivity index (χ1v) is 5.30. The maximum Gasteiger partial charge on any atom is 0.262 e. The summed E-state index contributed by atoms with van der Waals surface area (Å²) in [7, 11) is 1.58. The van der Waals surface area contributed by atoms with Crippen LogP contribution in [0.3, 0.4) is 0 Å². The second-order valence-corrected chi connectivity index (χ2v) is 3.42. The van der Waals surface area contributed by atoms with Gasteiger partial charge in [-0.15, -0.1) is 0 Å². The van der Waals surface area contributed by atoms with Crippen molar-refractivity contribution in [3.8, 4) is 17.4 Å². The van der Waals surface area contributed by atoms with Crippen LogP contribution >= 0.6 is 0 Å². The van der Waals surface area contributed by atoms with Crippen molar-refractivity contribution < 1.29 is 9.47 Å². The highest BCUT2D eigenvalue weighted by atomic mass is 16.5. The molecule has 0 spiro atoms. The van der Waals surface area contributed by atoms with Gasteiger partial charge in [0, 0.05) is 18.3 Å². The summed E-state index contributed by atoms with van der Waals surface area (Å²) >= 11 is 0. The third-order valence-corrected chi connectivity index (χ3v) is 2.36. The molecule has 1 aromatic heterocycles. The molecule has 0 saturated carbocycles. The van der Waals surface area contributed by atoms with Crippen LogP contribution in [0.5, 0.6) is 17.4 Å². The van der Waals surface area contributed by atoms with Crippen LogP contribution in [-0.4, -0.2) is 12.1 Å². The van der Waals surface area contributed by atoms with Crippen molar-refractivity contribution in [3.63, 3.8) is 0 Å². The Morgan fingerprint density at radius 2 is 1.88 bits per heavy atom. The lowest BCUT2D eigenvalue weighted by Gasteiger charge is -2.11. The van der Waals surface area contributed by atoms with E-state index < -0.39 is 0 Å². The summed E-state index contributed by atoms with van der Waals surface area (Å²) in [5.74, 6) is 1.74. The van der Waals surface area contributed by atoms with Gasteiger partial charge in [-0.05, 0) is 18.2 Å². The number of hydrogen-bond acceptors (Lipinski definition) is 4. The van der Waals surface area contributed by atoms with Gasteiger partial charge in [0.1, 0.15) is 5.75 Å². The summed E-state index contributed by atoms with van der Waals surface area (Å²) in [4.78, 5) is 4.13. The van der Waals surface area contributed by atoms with Crippen molar-refractivity contribution in [2.75, 3.05) is 7.11 Å². The van der Waals surface area contributed by atoms with Crippen LogP contribution in [-0.2, 0) is 6.54 Å². The quantitative estimate of drug-likeness (QED) is 0.875. The third kappa shape index (κ3) is 2.54. The van der Waals surface area contributed by atoms with Crippen molar-refractivity contribution in [2.24, 2.45) is 5.73 Å². The van der Waals surface area contributed by atoms with E-state index >= 15 is 0 Å². The van der Waals surface area contributed by atoms with Gasteiger partial charge in [0.25, 0.3) is 5.88 Å². The number of rotatable bonds is 4. The SMILES string of the molecule is COc1cccnc1Oc1ccccc1CN. The molecule has 17 heavy (non-hydrogen) atoms. The normalized spacial score (nSPS) is 10.0. The Balaban J connectivity index is 2.31. The van der Waals surface area contributed by atoms with Crippen molar-refractivity contribution in [1.82, 2.24) is 4.98 Å². The molecule has 1 heterocycles. The lowest BCUT2D eigenvalue weighted by molar-refractivity contribution is 0.368. The number of ether oxygens (including phenoxy) is 2. The Hall–Kier alpha value is -2.07. The average Bonchev–Trinajstić information content (AvgIpc) is 2.40. The number of nitrogens with zero attached hydrogens (tertiary/aromatic N) is 1. The molecule has 0 radical (unpaired) electrons. The summed E-state index contributed by atoms with van der Waals surface area (Å²) < 4.78 is 10.9. The molecule has 0 aliphatic carbocycles. The highest BCUT2D eigenvalue weighted by Crippen LogP contribution is 2.30. The van der Waals surface area contributed by atoms with Crippen LogP contribution in [0.2, 0.25) is 0 Å². The molecule has 4 heteroatoms. The van der Waals surface area contributed by atoms with E-state index in [0.29, 0.717) is 23.9 Å². The van der Waals surface area contributed by atoms with Gasteiger partial charge in [0.2, 0.25) is 0 Å². The summed E-state index contributed by atoms with van der Waals surface area (Å²) in [5, 5.41) is 0. The topological polar surface area (TPSA) is 57.4 Å². The zero-order valence-corrected chi connectivity index (χ0v) is 9.59. The molecule has 0 atom stereocenters. The molecular weight excluding hydrogens is 216 g/mol. The lowest BCUT2D eigenvalue weighted by Crippen LogP contribution is -2.00. The second-order valence-electron chi connectivity index (χ2n) is 3.42. The van der Waals surface area contributed by atoms with Gasteiger partial charge in [-0.1, -0.05) is 18.2 Å². The van der Waals surface area contributed by atoms with E-state index in [9.17, 15) is 0 Å². The summed E-state index contributed by atoms with van der Waals surface area (Å²) in [6, 6.07) is 11.2. The van der Waals surface area contributed by atoms with Crippen molar-refractivity contribution in [3.05, 3.63) is 48.2 Å². The molecule has 4 nitrogen and oxygen atoms in total. The molecule has 0 aliphatic rings. The number of pyridine rings is 1. The average molecular weight is 230 g/mol. The lowest BCUT2D eigenvalue weighted by atomic mass is 10.2. The highest BCUT2D eigenvalue weighted by molar-refractivity contribution is 5.40. The fourth-order valence-corrected chi connectivity index (χ4v) is 1.48. The Morgan fingerprint density at radius 3 is 2.65 bits per heavy atom. The Labute approximate surface area is 100 Å². The predicted octanol–water partition coefficient (Wildman–Crippen LogP) is 2.34. The van der Waals surface area contributed by atoms with E-state index in [4.69, 9.17) is 15.2 Å². The molecule has 0 aliphatic heterocycles. The Bertz CT molecular complexity index is 455. The van der Waals surface area contributed by atoms with Gasteiger partial charge in [-0.3, -0.25) is 0 Å². The summed E-state index contributed by atoms with van der Waals surface area (Å²) in [6.45, 7) is 0.422. The number of aromatic nitrogens is 1. The maximum atomic E-state index is 5.71. The van der Waals surface area contributed by atoms with Crippen LogP contribution in [0.25, 0.3) is 0 Å². The van der Waals surface area contributed by atoms with E-state index in [-0.39, 0.29) is 0 Å². The van der Waals surface area contributed by atoms with Crippen molar-refractivity contribution >= 4 is 0 Å². The van der Waals surface area contributed by atoms with Gasteiger partial charge in [0.15, 0.2) is 5.75 Å². The summed E-state index contributed by atoms with van der Waals surface area (Å²) in [6.07, 6.45) is 1.66. The summed E-state index contributed by atoms with van der Waals surface area (Å²) in [5.41, 5.74) is 6.57. The number of benzene rings is 1. The van der Waals surface area contributed by atoms with Crippen molar-refractivity contribution in [1.29, 1.82) is 0 Å². The Morgan fingerprint density at radius 1 is 1.12 bits per heavy atom. The first kappa shape index (κ1) is 11.4. The second kappa shape index (κ2) is 5.32. The number of methoxy groups -OCH3 is 1. The molecule has 0 amide bonds. The van der Waals surface area contributed by atoms with Gasteiger partial charge in [0.05, 0.1) is 7.11 Å². The molecule has 2 N–H and O–H groups in total. The number of nitrogens with two attached hydrogens (primary N) is 1. The van der Waals surface area contributed by atoms with E-state index in [2.05, 4.69) is 4.98 Å². The third-order valence-electron chi connectivity index (χ3n) is 2.36. The minimum Gasteiger partial charge on any atom is -0.491 e. The molecule has 0 unspecified atom stereocenters. The minimum absolute atomic E-state index is 0.422. The number of hydrogen-bond donors (Lipinski definition) is 1. The van der Waals surface area contributed by atoms with Gasteiger partial charge in [-0.2, -0.15) is 0 Å². The van der Waals surface area contributed by atoms with Gasteiger partial charge < -0.3 is 15.2 Å². The van der Waals surface area contributed by atoms with Crippen LogP contribution in [0.4, 0.5) is 0 Å². The Kier molecular flexibility index (Phi) is 3.57. The fourth-order valence-electron chi connectivity index (χ4n) is 1.48. The van der Waals surface area contributed by atoms with Crippen LogP contribution in [0.1, 0.15) is 5.56 Å². The standard InChI is InChI=1S/C13H14N2O2/c1-16-12-7-4-8-15-13(12)17-11-6-3-2-5-10(11)9-14/h2-8H,9,14H2,1H3. The zero-order valence-electron chi connectivity index (χ0n) is 9.59. The molecule has 2 rings (SSSR count). The maximum absolute atomic E-state index is 5.71. The fraction of sp³-hybridized carbons (Fsp3) is 0.154. The van der Waals surface area contributed by atoms with E-state index in [0.717, 1.165) is 5.56 Å². The zero-order chi connectivity index (χ0) is 12.1. The van der Waals surface area contributed by atoms with E-state index in [1.165, 1.54) is 0 Å². The largest absolute Gasteiger partial charge is 0.491 e. The van der Waals surface area contributed by atoms with E-state index in [1.807, 2.05) is 24.3 Å². The molecular formula is C13H14N2O2. The monoisotopic (exact) mass is 230 g/mol. The van der Waals surface area contributed by atoms with Gasteiger partial charge >= 0.3 is 0 Å². The molecule has 88 valence electrons. The molecule has 0 saturated heterocycles. The molecule has 1 aromatic carbocycles. The van der Waals surface area contributed by atoms with Crippen molar-refractivity contribution in [2.45, 2.75) is 6.54 Å². The van der Waals surface area contributed by atoms with Crippen LogP contribution in [0.15, 0.2) is 42.6 Å². The van der Waals surface area contributed by atoms with E-state index in [1.54, 1.807) is 25.4 Å². The van der Waals surface area contributed by atoms with Crippen LogP contribution < -0.4 is 15.2 Å². The minimum atomic E-state index is 0.422. The molecule has 0 bridgehead atoms. The predicted molar refractivity (Wildman–Crippen MR) is 65.2 cm³/mol. The highest BCUT2D eigenvalue weighted by Gasteiger charge is 2.08. The smallest absolute Gasteiger partial charge is 0.262 e. The molecule has 2 aromatic rings. The first-order valence-electron chi connectivity index (χ1n) is 5.30. The number of para-hydroxylation sites is 1.